The van der Waals surface area contributed by atoms with E-state index in [1.807, 2.05) is 47.3 Å². The highest BCUT2D eigenvalue weighted by atomic mass is 32.1. The summed E-state index contributed by atoms with van der Waals surface area (Å²) in [5.74, 6) is 0.407. The second kappa shape index (κ2) is 8.76. The summed E-state index contributed by atoms with van der Waals surface area (Å²) < 4.78 is 7.13. The predicted molar refractivity (Wildman–Crippen MR) is 114 cm³/mol. The summed E-state index contributed by atoms with van der Waals surface area (Å²) in [6.07, 6.45) is 1.70. The summed E-state index contributed by atoms with van der Waals surface area (Å²) >= 11 is 1.66. The normalized spacial score (nSPS) is 10.7. The van der Waals surface area contributed by atoms with Crippen molar-refractivity contribution in [2.75, 3.05) is 6.61 Å². The minimum Gasteiger partial charge on any atom is -0.479 e. The predicted octanol–water partition coefficient (Wildman–Crippen LogP) is 3.68. The van der Waals surface area contributed by atoms with Crippen LogP contribution in [0.25, 0.3) is 11.0 Å². The maximum absolute atomic E-state index is 12.9. The number of nitrogens with one attached hydrogen (secondary N) is 1. The van der Waals surface area contributed by atoms with Crippen molar-refractivity contribution >= 4 is 28.3 Å². The lowest BCUT2D eigenvalue weighted by Gasteiger charge is -2.09. The number of carbonyl (C=O) groups excluding carboxylic acids is 1. The molecular formula is C22H19N5O2S. The van der Waals surface area contributed by atoms with Gasteiger partial charge in [-0.05, 0) is 42.1 Å². The average molecular weight is 417 g/mol. The number of benzene rings is 1. The van der Waals surface area contributed by atoms with Crippen LogP contribution in [0.3, 0.4) is 0 Å². The van der Waals surface area contributed by atoms with E-state index in [4.69, 9.17) is 10.00 Å². The molecule has 1 aromatic carbocycles. The van der Waals surface area contributed by atoms with E-state index in [2.05, 4.69) is 21.5 Å². The molecule has 3 aromatic heterocycles. The Labute approximate surface area is 177 Å². The highest BCUT2D eigenvalue weighted by Crippen LogP contribution is 2.21. The van der Waals surface area contributed by atoms with Gasteiger partial charge in [-0.25, -0.2) is 9.67 Å². The van der Waals surface area contributed by atoms with Crippen LogP contribution in [-0.4, -0.2) is 27.3 Å². The highest BCUT2D eigenvalue weighted by Gasteiger charge is 2.16. The Kier molecular flexibility index (Phi) is 5.72. The molecule has 0 unspecified atom stereocenters. The molecule has 0 aliphatic carbocycles. The zero-order chi connectivity index (χ0) is 20.9. The molecule has 7 nitrogen and oxygen atoms in total. The zero-order valence-electron chi connectivity index (χ0n) is 16.3. The minimum absolute atomic E-state index is 0.0143. The van der Waals surface area contributed by atoms with E-state index >= 15 is 0 Å². The SMILES string of the molecule is Cc1cc(C(=O)NCc2cccc(OCC#N)c2)c2cnn(Cc3cccs3)c2n1. The monoisotopic (exact) mass is 417 g/mol. The summed E-state index contributed by atoms with van der Waals surface area (Å²) in [5.41, 5.74) is 2.88. The number of hydrogen-bond donors (Lipinski definition) is 1. The lowest BCUT2D eigenvalue weighted by molar-refractivity contribution is 0.0952. The molecule has 0 saturated heterocycles. The van der Waals surface area contributed by atoms with Gasteiger partial charge in [0, 0.05) is 17.1 Å². The topological polar surface area (TPSA) is 92.8 Å². The van der Waals surface area contributed by atoms with Crippen LogP contribution in [0.1, 0.15) is 26.5 Å². The molecular weight excluding hydrogens is 398 g/mol. The van der Waals surface area contributed by atoms with Gasteiger partial charge in [-0.3, -0.25) is 4.79 Å². The first-order chi connectivity index (χ1) is 14.6. The summed E-state index contributed by atoms with van der Waals surface area (Å²) in [7, 11) is 0. The maximum atomic E-state index is 12.9. The smallest absolute Gasteiger partial charge is 0.252 e. The van der Waals surface area contributed by atoms with Gasteiger partial charge in [-0.1, -0.05) is 18.2 Å². The van der Waals surface area contributed by atoms with Crippen molar-refractivity contribution < 1.29 is 9.53 Å². The van der Waals surface area contributed by atoms with Gasteiger partial charge in [0.2, 0.25) is 0 Å². The summed E-state index contributed by atoms with van der Waals surface area (Å²) in [6, 6.07) is 15.1. The number of rotatable bonds is 7. The second-order valence-electron chi connectivity index (χ2n) is 6.71. The van der Waals surface area contributed by atoms with E-state index in [1.165, 1.54) is 4.88 Å². The fourth-order valence-corrected chi connectivity index (χ4v) is 3.85. The van der Waals surface area contributed by atoms with Gasteiger partial charge < -0.3 is 10.1 Å². The van der Waals surface area contributed by atoms with Crippen molar-refractivity contribution in [2.45, 2.75) is 20.0 Å². The fourth-order valence-electron chi connectivity index (χ4n) is 3.16. The van der Waals surface area contributed by atoms with Crippen LogP contribution in [0, 0.1) is 18.3 Å². The zero-order valence-corrected chi connectivity index (χ0v) is 17.1. The second-order valence-corrected chi connectivity index (χ2v) is 7.74. The first-order valence-corrected chi connectivity index (χ1v) is 10.2. The number of fused-ring (bicyclic) bond motifs is 1. The molecule has 0 aliphatic heterocycles. The number of nitrogens with zero attached hydrogens (tertiary/aromatic N) is 4. The average Bonchev–Trinajstić information content (AvgIpc) is 3.41. The molecule has 1 N–H and O–H groups in total. The molecule has 4 aromatic rings. The molecule has 0 fully saturated rings. The molecule has 4 rings (SSSR count). The van der Waals surface area contributed by atoms with E-state index in [0.717, 1.165) is 16.6 Å². The van der Waals surface area contributed by atoms with Crippen LogP contribution in [0.5, 0.6) is 5.75 Å². The molecule has 0 aliphatic rings. The van der Waals surface area contributed by atoms with E-state index in [0.29, 0.717) is 30.0 Å². The Bertz CT molecular complexity index is 1220. The Morgan fingerprint density at radius 3 is 3.00 bits per heavy atom. The summed E-state index contributed by atoms with van der Waals surface area (Å²) in [4.78, 5) is 18.7. The molecule has 30 heavy (non-hydrogen) atoms. The lowest BCUT2D eigenvalue weighted by atomic mass is 10.1. The van der Waals surface area contributed by atoms with Crippen LogP contribution in [0.15, 0.2) is 54.0 Å². The third-order valence-electron chi connectivity index (χ3n) is 4.52. The maximum Gasteiger partial charge on any atom is 0.252 e. The Morgan fingerprint density at radius 1 is 1.30 bits per heavy atom. The van der Waals surface area contributed by atoms with Gasteiger partial charge in [0.25, 0.3) is 5.91 Å². The van der Waals surface area contributed by atoms with Crippen molar-refractivity contribution in [1.82, 2.24) is 20.1 Å². The third kappa shape index (κ3) is 4.31. The molecule has 0 radical (unpaired) electrons. The molecule has 8 heteroatoms. The van der Waals surface area contributed by atoms with Crippen LogP contribution in [-0.2, 0) is 13.1 Å². The van der Waals surface area contributed by atoms with E-state index in [-0.39, 0.29) is 12.5 Å². The van der Waals surface area contributed by atoms with Gasteiger partial charge in [0.05, 0.1) is 23.7 Å². The van der Waals surface area contributed by atoms with Crippen molar-refractivity contribution in [3.63, 3.8) is 0 Å². The molecule has 3 heterocycles. The Morgan fingerprint density at radius 2 is 2.20 bits per heavy atom. The lowest BCUT2D eigenvalue weighted by Crippen LogP contribution is -2.23. The van der Waals surface area contributed by atoms with Gasteiger partial charge in [-0.2, -0.15) is 10.4 Å². The number of hydrogen-bond acceptors (Lipinski definition) is 6. The number of pyridine rings is 1. The number of nitriles is 1. The van der Waals surface area contributed by atoms with Crippen molar-refractivity contribution in [1.29, 1.82) is 5.26 Å². The Balaban J connectivity index is 1.53. The summed E-state index contributed by atoms with van der Waals surface area (Å²) in [6.45, 7) is 2.82. The number of aromatic nitrogens is 3. The molecule has 0 saturated carbocycles. The first-order valence-electron chi connectivity index (χ1n) is 9.36. The number of carbonyl (C=O) groups is 1. The quantitative estimate of drug-likeness (QED) is 0.495. The standard InChI is InChI=1S/C22H19N5O2S/c1-15-10-19(20-13-25-27(21(20)26-15)14-18-6-3-9-30-18)22(28)24-12-16-4-2-5-17(11-16)29-8-7-23/h2-6,9-11,13H,8,12,14H2,1H3,(H,24,28). The van der Waals surface area contributed by atoms with Crippen LogP contribution in [0.4, 0.5) is 0 Å². The van der Waals surface area contributed by atoms with Crippen molar-refractivity contribution in [3.8, 4) is 11.8 Å². The Hall–Kier alpha value is -3.70. The summed E-state index contributed by atoms with van der Waals surface area (Å²) in [5, 5.41) is 18.8. The largest absolute Gasteiger partial charge is 0.479 e. The molecule has 0 bridgehead atoms. The molecule has 0 spiro atoms. The molecule has 0 atom stereocenters. The van der Waals surface area contributed by atoms with Gasteiger partial charge in [-0.15, -0.1) is 11.3 Å². The minimum atomic E-state index is -0.190. The van der Waals surface area contributed by atoms with E-state index < -0.39 is 0 Å². The van der Waals surface area contributed by atoms with Gasteiger partial charge >= 0.3 is 0 Å². The number of amides is 1. The highest BCUT2D eigenvalue weighted by molar-refractivity contribution is 7.09. The van der Waals surface area contributed by atoms with Crippen LogP contribution < -0.4 is 10.1 Å². The van der Waals surface area contributed by atoms with Crippen LogP contribution in [0.2, 0.25) is 0 Å². The number of thiophene rings is 1. The van der Waals surface area contributed by atoms with E-state index in [1.54, 1.807) is 29.7 Å². The van der Waals surface area contributed by atoms with Crippen LogP contribution >= 0.6 is 11.3 Å². The fraction of sp³-hybridized carbons (Fsp3) is 0.182. The number of ether oxygens (including phenoxy) is 1. The van der Waals surface area contributed by atoms with Crippen molar-refractivity contribution in [2.24, 2.45) is 0 Å². The van der Waals surface area contributed by atoms with Crippen molar-refractivity contribution in [3.05, 3.63) is 75.7 Å². The third-order valence-corrected chi connectivity index (χ3v) is 5.38. The van der Waals surface area contributed by atoms with Gasteiger partial charge in [0.15, 0.2) is 12.3 Å². The molecule has 1 amide bonds. The number of aryl methyl sites for hydroxylation is 1. The first kappa shape index (κ1) is 19.6. The molecule has 150 valence electrons. The van der Waals surface area contributed by atoms with E-state index in [9.17, 15) is 4.79 Å². The van der Waals surface area contributed by atoms with Gasteiger partial charge in [0.1, 0.15) is 11.8 Å².